The Labute approximate surface area is 93.0 Å². The van der Waals surface area contributed by atoms with Crippen molar-refractivity contribution in [1.29, 1.82) is 0 Å². The largest absolute Gasteiger partial charge is 0.284 e. The summed E-state index contributed by atoms with van der Waals surface area (Å²) in [5.74, 6) is 0. The minimum atomic E-state index is -0.563. The van der Waals surface area contributed by atoms with Gasteiger partial charge < -0.3 is 0 Å². The number of benzene rings is 1. The Bertz CT molecular complexity index is 543. The van der Waals surface area contributed by atoms with Gasteiger partial charge >= 0.3 is 0 Å². The molecule has 1 aromatic heterocycles. The summed E-state index contributed by atoms with van der Waals surface area (Å²) >= 11 is 0. The van der Waals surface area contributed by atoms with Gasteiger partial charge in [0.25, 0.3) is 5.56 Å². The highest BCUT2D eigenvalue weighted by Crippen LogP contribution is 2.08. The van der Waals surface area contributed by atoms with Crippen LogP contribution in [0.2, 0.25) is 0 Å². The molecule has 0 aliphatic rings. The third kappa shape index (κ3) is 2.03. The highest BCUT2D eigenvalue weighted by atomic mass is 19.1. The van der Waals surface area contributed by atoms with E-state index >= 15 is 0 Å². The van der Waals surface area contributed by atoms with Crippen molar-refractivity contribution in [2.45, 2.75) is 13.6 Å². The molecule has 0 atom stereocenters. The second kappa shape index (κ2) is 4.31. The number of rotatable bonds is 2. The Morgan fingerprint density at radius 3 is 2.44 bits per heavy atom. The first-order valence-electron chi connectivity index (χ1n) is 5.05. The van der Waals surface area contributed by atoms with Gasteiger partial charge in [-0.3, -0.25) is 9.36 Å². The maximum absolute atomic E-state index is 12.5. The molecular formula is C13H12FNO. The van der Waals surface area contributed by atoms with E-state index < -0.39 is 6.67 Å². The molecule has 3 heteroatoms. The number of aryl methyl sites for hydroxylation is 1. The van der Waals surface area contributed by atoms with Crippen molar-refractivity contribution in [1.82, 2.24) is 4.57 Å². The van der Waals surface area contributed by atoms with Crippen molar-refractivity contribution < 1.29 is 4.39 Å². The molecule has 0 fully saturated rings. The molecule has 82 valence electrons. The van der Waals surface area contributed by atoms with E-state index in [2.05, 4.69) is 0 Å². The zero-order chi connectivity index (χ0) is 11.5. The summed E-state index contributed by atoms with van der Waals surface area (Å²) in [5.41, 5.74) is 2.23. The SMILES string of the molecule is Cc1ccc(-n2cc(CF)ccc2=O)cc1. The van der Waals surface area contributed by atoms with Crippen LogP contribution in [0, 0.1) is 6.92 Å². The van der Waals surface area contributed by atoms with Gasteiger partial charge in [-0.2, -0.15) is 0 Å². The van der Waals surface area contributed by atoms with Crippen LogP contribution in [0.5, 0.6) is 0 Å². The van der Waals surface area contributed by atoms with Gasteiger partial charge in [0.05, 0.1) is 0 Å². The number of aromatic nitrogens is 1. The lowest BCUT2D eigenvalue weighted by molar-refractivity contribution is 0.483. The fraction of sp³-hybridized carbons (Fsp3) is 0.154. The molecule has 0 amide bonds. The van der Waals surface area contributed by atoms with Crippen LogP contribution in [0.3, 0.4) is 0 Å². The summed E-state index contributed by atoms with van der Waals surface area (Å²) in [6, 6.07) is 10.4. The number of halogens is 1. The van der Waals surface area contributed by atoms with Gasteiger partial charge in [-0.15, -0.1) is 0 Å². The van der Waals surface area contributed by atoms with Crippen molar-refractivity contribution in [3.63, 3.8) is 0 Å². The molecule has 2 nitrogen and oxygen atoms in total. The molecule has 2 rings (SSSR count). The maximum atomic E-state index is 12.5. The van der Waals surface area contributed by atoms with E-state index in [0.29, 0.717) is 5.56 Å². The first-order valence-corrected chi connectivity index (χ1v) is 5.05. The van der Waals surface area contributed by atoms with E-state index in [0.717, 1.165) is 11.3 Å². The van der Waals surface area contributed by atoms with E-state index in [9.17, 15) is 9.18 Å². The predicted octanol–water partition coefficient (Wildman–Crippen LogP) is 2.62. The fourth-order valence-corrected chi connectivity index (χ4v) is 1.52. The number of alkyl halides is 1. The second-order valence-corrected chi connectivity index (χ2v) is 3.71. The molecule has 0 bridgehead atoms. The number of nitrogens with zero attached hydrogens (tertiary/aromatic N) is 1. The van der Waals surface area contributed by atoms with Crippen LogP contribution in [0.4, 0.5) is 4.39 Å². The van der Waals surface area contributed by atoms with Crippen molar-refractivity contribution in [3.05, 3.63) is 64.1 Å². The van der Waals surface area contributed by atoms with Crippen LogP contribution in [0.1, 0.15) is 11.1 Å². The van der Waals surface area contributed by atoms with E-state index in [-0.39, 0.29) is 5.56 Å². The first kappa shape index (κ1) is 10.6. The number of pyridine rings is 1. The third-order valence-electron chi connectivity index (χ3n) is 2.44. The Hall–Kier alpha value is -1.90. The van der Waals surface area contributed by atoms with Crippen LogP contribution in [0.15, 0.2) is 47.4 Å². The minimum absolute atomic E-state index is 0.152. The minimum Gasteiger partial charge on any atom is -0.284 e. The normalized spacial score (nSPS) is 10.4. The van der Waals surface area contributed by atoms with Crippen LogP contribution in [-0.2, 0) is 6.67 Å². The number of hydrogen-bond acceptors (Lipinski definition) is 1. The van der Waals surface area contributed by atoms with E-state index in [1.807, 2.05) is 31.2 Å². The standard InChI is InChI=1S/C13H12FNO/c1-10-2-5-12(6-3-10)15-9-11(8-14)4-7-13(15)16/h2-7,9H,8H2,1H3. The molecule has 0 N–H and O–H groups in total. The Morgan fingerprint density at radius 2 is 1.81 bits per heavy atom. The molecule has 0 spiro atoms. The van der Waals surface area contributed by atoms with E-state index in [1.165, 1.54) is 22.9 Å². The van der Waals surface area contributed by atoms with Crippen molar-refractivity contribution >= 4 is 0 Å². The van der Waals surface area contributed by atoms with Crippen LogP contribution < -0.4 is 5.56 Å². The zero-order valence-electron chi connectivity index (χ0n) is 8.98. The van der Waals surface area contributed by atoms with Crippen molar-refractivity contribution in [2.75, 3.05) is 0 Å². The molecule has 1 aromatic carbocycles. The average Bonchev–Trinajstić information content (AvgIpc) is 2.31. The van der Waals surface area contributed by atoms with Crippen LogP contribution >= 0.6 is 0 Å². The summed E-state index contributed by atoms with van der Waals surface area (Å²) in [7, 11) is 0. The Morgan fingerprint density at radius 1 is 1.12 bits per heavy atom. The predicted molar refractivity (Wildman–Crippen MR) is 61.6 cm³/mol. The van der Waals surface area contributed by atoms with Gasteiger partial charge in [-0.05, 0) is 30.7 Å². The molecule has 0 saturated carbocycles. The molecule has 2 aromatic rings. The smallest absolute Gasteiger partial charge is 0.255 e. The Kier molecular flexibility index (Phi) is 2.86. The molecule has 0 aliphatic heterocycles. The Balaban J connectivity index is 2.54. The summed E-state index contributed by atoms with van der Waals surface area (Å²) in [4.78, 5) is 11.6. The molecule has 0 radical (unpaired) electrons. The lowest BCUT2D eigenvalue weighted by Crippen LogP contribution is -2.16. The monoisotopic (exact) mass is 217 g/mol. The highest BCUT2D eigenvalue weighted by molar-refractivity contribution is 5.35. The quantitative estimate of drug-likeness (QED) is 0.757. The lowest BCUT2D eigenvalue weighted by Gasteiger charge is -2.06. The zero-order valence-corrected chi connectivity index (χ0v) is 8.98. The van der Waals surface area contributed by atoms with Gasteiger partial charge in [0, 0.05) is 18.0 Å². The van der Waals surface area contributed by atoms with E-state index in [4.69, 9.17) is 0 Å². The molecule has 0 saturated heterocycles. The molecule has 0 unspecified atom stereocenters. The summed E-state index contributed by atoms with van der Waals surface area (Å²) < 4.78 is 14.0. The topological polar surface area (TPSA) is 22.0 Å². The van der Waals surface area contributed by atoms with Gasteiger partial charge in [-0.1, -0.05) is 17.7 Å². The summed E-state index contributed by atoms with van der Waals surface area (Å²) in [6.07, 6.45) is 1.53. The van der Waals surface area contributed by atoms with Crippen molar-refractivity contribution in [2.24, 2.45) is 0 Å². The van der Waals surface area contributed by atoms with Crippen LogP contribution in [0.25, 0.3) is 5.69 Å². The fourth-order valence-electron chi connectivity index (χ4n) is 1.52. The average molecular weight is 217 g/mol. The highest BCUT2D eigenvalue weighted by Gasteiger charge is 2.00. The van der Waals surface area contributed by atoms with Gasteiger partial charge in [0.2, 0.25) is 0 Å². The van der Waals surface area contributed by atoms with Gasteiger partial charge in [-0.25, -0.2) is 4.39 Å². The summed E-state index contributed by atoms with van der Waals surface area (Å²) in [6.45, 7) is 1.41. The molecular weight excluding hydrogens is 205 g/mol. The lowest BCUT2D eigenvalue weighted by atomic mass is 10.2. The van der Waals surface area contributed by atoms with Gasteiger partial charge in [0.15, 0.2) is 0 Å². The first-order chi connectivity index (χ1) is 7.70. The number of hydrogen-bond donors (Lipinski definition) is 0. The maximum Gasteiger partial charge on any atom is 0.255 e. The van der Waals surface area contributed by atoms with Crippen LogP contribution in [-0.4, -0.2) is 4.57 Å². The summed E-state index contributed by atoms with van der Waals surface area (Å²) in [5, 5.41) is 0. The van der Waals surface area contributed by atoms with Crippen molar-refractivity contribution in [3.8, 4) is 5.69 Å². The van der Waals surface area contributed by atoms with E-state index in [1.54, 1.807) is 0 Å². The second-order valence-electron chi connectivity index (χ2n) is 3.71. The molecule has 0 aliphatic carbocycles. The van der Waals surface area contributed by atoms with Gasteiger partial charge in [0.1, 0.15) is 6.67 Å². The molecule has 1 heterocycles. The molecule has 16 heavy (non-hydrogen) atoms. The third-order valence-corrected chi connectivity index (χ3v) is 2.44.